The number of aromatic nitrogens is 5. The molecular weight excluding hydrogens is 346 g/mol. The van der Waals surface area contributed by atoms with E-state index < -0.39 is 5.97 Å². The van der Waals surface area contributed by atoms with Gasteiger partial charge in [0.2, 0.25) is 0 Å². The van der Waals surface area contributed by atoms with Gasteiger partial charge in [-0.2, -0.15) is 0 Å². The molecule has 0 bridgehead atoms. The Balaban J connectivity index is 1.39. The summed E-state index contributed by atoms with van der Waals surface area (Å²) < 4.78 is 7.89. The molecule has 0 aliphatic rings. The van der Waals surface area contributed by atoms with Crippen molar-refractivity contribution in [1.82, 2.24) is 24.1 Å². The van der Waals surface area contributed by atoms with Gasteiger partial charge in [0, 0.05) is 24.2 Å². The Hall–Kier alpha value is -3.81. The maximum Gasteiger partial charge on any atom is 0.350 e. The summed E-state index contributed by atoms with van der Waals surface area (Å²) in [5, 5.41) is 4.18. The molecule has 0 fully saturated rings. The second kappa shape index (κ2) is 7.20. The number of carbonyl (C=O) groups excluding carboxylic acids is 1. The molecule has 0 saturated heterocycles. The Labute approximate surface area is 153 Å². The van der Waals surface area contributed by atoms with Crippen molar-refractivity contribution in [3.8, 4) is 11.4 Å². The molecule has 0 aliphatic heterocycles. The zero-order valence-electron chi connectivity index (χ0n) is 14.2. The average Bonchev–Trinajstić information content (AvgIpc) is 3.05. The lowest BCUT2D eigenvalue weighted by Crippen LogP contribution is -2.24. The Morgan fingerprint density at radius 3 is 2.48 bits per heavy atom. The maximum absolute atomic E-state index is 12.1. The van der Waals surface area contributed by atoms with Gasteiger partial charge in [-0.3, -0.25) is 4.40 Å². The first-order valence-electron chi connectivity index (χ1n) is 8.31. The number of pyridine rings is 1. The predicted octanol–water partition coefficient (Wildman–Crippen LogP) is 1.81. The van der Waals surface area contributed by atoms with Crippen LogP contribution >= 0.6 is 0 Å². The van der Waals surface area contributed by atoms with Gasteiger partial charge in [0.05, 0.1) is 12.1 Å². The summed E-state index contributed by atoms with van der Waals surface area (Å²) in [5.41, 5.74) is 1.37. The number of fused-ring (bicyclic) bond motifs is 1. The molecule has 4 rings (SSSR count). The summed E-state index contributed by atoms with van der Waals surface area (Å²) in [7, 11) is 0. The fourth-order valence-corrected chi connectivity index (χ4v) is 2.59. The molecule has 8 nitrogen and oxygen atoms in total. The van der Waals surface area contributed by atoms with Crippen LogP contribution in [0.3, 0.4) is 0 Å². The molecule has 27 heavy (non-hydrogen) atoms. The van der Waals surface area contributed by atoms with Gasteiger partial charge >= 0.3 is 11.7 Å². The van der Waals surface area contributed by atoms with Gasteiger partial charge in [-0.1, -0.05) is 36.4 Å². The van der Waals surface area contributed by atoms with Gasteiger partial charge in [0.1, 0.15) is 6.61 Å². The highest BCUT2D eigenvalue weighted by atomic mass is 16.5. The van der Waals surface area contributed by atoms with Crippen LogP contribution in [0, 0.1) is 0 Å². The Kier molecular flexibility index (Phi) is 4.44. The molecule has 3 heterocycles. The van der Waals surface area contributed by atoms with E-state index >= 15 is 0 Å². The summed E-state index contributed by atoms with van der Waals surface area (Å²) in [6.45, 7) is 0.179. The molecule has 0 radical (unpaired) electrons. The van der Waals surface area contributed by atoms with Crippen LogP contribution in [0.25, 0.3) is 17.0 Å². The summed E-state index contributed by atoms with van der Waals surface area (Å²) in [6, 6.07) is 14.7. The number of rotatable bonds is 5. The van der Waals surface area contributed by atoms with Crippen LogP contribution in [0.4, 0.5) is 0 Å². The average molecular weight is 361 g/mol. The lowest BCUT2D eigenvalue weighted by Gasteiger charge is -2.05. The van der Waals surface area contributed by atoms with Crippen LogP contribution < -0.4 is 5.69 Å². The second-order valence-corrected chi connectivity index (χ2v) is 5.73. The van der Waals surface area contributed by atoms with Crippen molar-refractivity contribution in [3.63, 3.8) is 0 Å². The highest BCUT2D eigenvalue weighted by Gasteiger charge is 2.11. The summed E-state index contributed by atoms with van der Waals surface area (Å²) in [4.78, 5) is 32.7. The van der Waals surface area contributed by atoms with Crippen molar-refractivity contribution >= 4 is 11.6 Å². The van der Waals surface area contributed by atoms with Crippen LogP contribution in [0.5, 0.6) is 0 Å². The van der Waals surface area contributed by atoms with Gasteiger partial charge in [-0.05, 0) is 12.1 Å². The molecule has 3 aromatic heterocycles. The van der Waals surface area contributed by atoms with E-state index in [4.69, 9.17) is 4.74 Å². The van der Waals surface area contributed by atoms with Crippen LogP contribution in [-0.2, 0) is 11.3 Å². The van der Waals surface area contributed by atoms with E-state index in [0.717, 1.165) is 5.56 Å². The molecule has 4 aromatic rings. The molecule has 0 atom stereocenters. The molecule has 134 valence electrons. The van der Waals surface area contributed by atoms with Crippen molar-refractivity contribution in [2.45, 2.75) is 6.54 Å². The van der Waals surface area contributed by atoms with Gasteiger partial charge in [0.15, 0.2) is 11.5 Å². The lowest BCUT2D eigenvalue weighted by atomic mass is 10.2. The number of ether oxygens (including phenoxy) is 1. The van der Waals surface area contributed by atoms with E-state index in [0.29, 0.717) is 11.5 Å². The standard InChI is InChI=1S/C19H15N5O3/c25-18(15-12-20-17(21-13-15)14-6-2-1-3-7-14)27-11-10-24-19(26)23-9-5-4-8-16(23)22-24/h1-9,12-13H,10-11H2. The fraction of sp³-hybridized carbons (Fsp3) is 0.105. The third-order valence-corrected chi connectivity index (χ3v) is 3.94. The third-order valence-electron chi connectivity index (χ3n) is 3.94. The van der Waals surface area contributed by atoms with Crippen LogP contribution in [0.15, 0.2) is 71.9 Å². The molecule has 0 amide bonds. The van der Waals surface area contributed by atoms with Crippen LogP contribution in [0.2, 0.25) is 0 Å². The highest BCUT2D eigenvalue weighted by Crippen LogP contribution is 2.13. The van der Waals surface area contributed by atoms with Gasteiger partial charge in [0.25, 0.3) is 0 Å². The van der Waals surface area contributed by atoms with Crippen LogP contribution in [-0.4, -0.2) is 36.7 Å². The van der Waals surface area contributed by atoms with Crippen molar-refractivity contribution in [1.29, 1.82) is 0 Å². The topological polar surface area (TPSA) is 91.4 Å². The molecule has 8 heteroatoms. The van der Waals surface area contributed by atoms with E-state index in [1.165, 1.54) is 21.5 Å². The van der Waals surface area contributed by atoms with Crippen molar-refractivity contribution in [2.24, 2.45) is 0 Å². The van der Waals surface area contributed by atoms with Crippen molar-refractivity contribution in [2.75, 3.05) is 6.61 Å². The van der Waals surface area contributed by atoms with E-state index in [9.17, 15) is 9.59 Å². The summed E-state index contributed by atoms with van der Waals surface area (Å²) in [5.74, 6) is -0.0187. The van der Waals surface area contributed by atoms with E-state index in [1.807, 2.05) is 30.3 Å². The largest absolute Gasteiger partial charge is 0.460 e. The highest BCUT2D eigenvalue weighted by molar-refractivity contribution is 5.88. The number of nitrogens with zero attached hydrogens (tertiary/aromatic N) is 5. The van der Waals surface area contributed by atoms with E-state index in [-0.39, 0.29) is 24.4 Å². The first-order chi connectivity index (χ1) is 13.2. The predicted molar refractivity (Wildman–Crippen MR) is 97.2 cm³/mol. The molecule has 0 spiro atoms. The minimum Gasteiger partial charge on any atom is -0.460 e. The Morgan fingerprint density at radius 1 is 1.00 bits per heavy atom. The van der Waals surface area contributed by atoms with Gasteiger partial charge in [-0.15, -0.1) is 5.10 Å². The normalized spacial score (nSPS) is 10.8. The molecule has 0 unspecified atom stereocenters. The zero-order chi connectivity index (χ0) is 18.6. The SMILES string of the molecule is O=C(OCCn1nc2ccccn2c1=O)c1cnc(-c2ccccc2)nc1. The zero-order valence-corrected chi connectivity index (χ0v) is 14.2. The number of esters is 1. The number of hydrogen-bond donors (Lipinski definition) is 0. The summed E-state index contributed by atoms with van der Waals surface area (Å²) in [6.07, 6.45) is 4.49. The van der Waals surface area contributed by atoms with Gasteiger partial charge < -0.3 is 4.74 Å². The number of carbonyl (C=O) groups is 1. The Bertz CT molecular complexity index is 1130. The minimum atomic E-state index is -0.550. The fourth-order valence-electron chi connectivity index (χ4n) is 2.59. The smallest absolute Gasteiger partial charge is 0.350 e. The monoisotopic (exact) mass is 361 g/mol. The molecule has 1 aromatic carbocycles. The first-order valence-corrected chi connectivity index (χ1v) is 8.31. The molecule has 0 aliphatic carbocycles. The molecule has 0 N–H and O–H groups in total. The number of benzene rings is 1. The molecule has 0 saturated carbocycles. The third kappa shape index (κ3) is 3.45. The van der Waals surface area contributed by atoms with Gasteiger partial charge in [-0.25, -0.2) is 24.2 Å². The van der Waals surface area contributed by atoms with Crippen molar-refractivity contribution < 1.29 is 9.53 Å². The first kappa shape index (κ1) is 16.6. The van der Waals surface area contributed by atoms with Crippen molar-refractivity contribution in [3.05, 3.63) is 83.2 Å². The molecular formula is C19H15N5O3. The van der Waals surface area contributed by atoms with E-state index in [1.54, 1.807) is 24.4 Å². The lowest BCUT2D eigenvalue weighted by molar-refractivity contribution is 0.0485. The van der Waals surface area contributed by atoms with Crippen LogP contribution in [0.1, 0.15) is 10.4 Å². The maximum atomic E-state index is 12.1. The summed E-state index contributed by atoms with van der Waals surface area (Å²) >= 11 is 0. The quantitative estimate of drug-likeness (QED) is 0.504. The second-order valence-electron chi connectivity index (χ2n) is 5.73. The number of hydrogen-bond acceptors (Lipinski definition) is 6. The van der Waals surface area contributed by atoms with E-state index in [2.05, 4.69) is 15.1 Å². The minimum absolute atomic E-state index is 0.0169. The Morgan fingerprint density at radius 2 is 1.74 bits per heavy atom.